The van der Waals surface area contributed by atoms with E-state index in [1.165, 1.54) is 0 Å². The van der Waals surface area contributed by atoms with E-state index >= 15 is 0 Å². The van der Waals surface area contributed by atoms with E-state index in [0.29, 0.717) is 11.6 Å². The fourth-order valence-corrected chi connectivity index (χ4v) is 3.31. The molecule has 2 aromatic rings. The van der Waals surface area contributed by atoms with Crippen LogP contribution in [0.4, 0.5) is 0 Å². The fraction of sp³-hybridized carbons (Fsp3) is 0.400. The van der Waals surface area contributed by atoms with Crippen molar-refractivity contribution in [3.8, 4) is 5.75 Å². The number of aromatic nitrogens is 1. The highest BCUT2D eigenvalue weighted by Gasteiger charge is 2.21. The van der Waals surface area contributed by atoms with Crippen LogP contribution >= 0.6 is 11.6 Å². The van der Waals surface area contributed by atoms with Gasteiger partial charge in [-0.2, -0.15) is 0 Å². The molecule has 0 aliphatic carbocycles. The first-order valence-electron chi connectivity index (χ1n) is 8.88. The van der Waals surface area contributed by atoms with E-state index in [1.807, 2.05) is 41.3 Å². The van der Waals surface area contributed by atoms with E-state index in [-0.39, 0.29) is 5.91 Å². The number of piperazine rings is 1. The van der Waals surface area contributed by atoms with Crippen LogP contribution in [-0.4, -0.2) is 54.0 Å². The lowest BCUT2D eigenvalue weighted by Gasteiger charge is -2.35. The highest BCUT2D eigenvalue weighted by molar-refractivity contribution is 6.30. The molecule has 0 N–H and O–H groups in total. The van der Waals surface area contributed by atoms with Crippen LogP contribution in [0.25, 0.3) is 0 Å². The Labute approximate surface area is 159 Å². The van der Waals surface area contributed by atoms with Gasteiger partial charge >= 0.3 is 0 Å². The summed E-state index contributed by atoms with van der Waals surface area (Å²) in [4.78, 5) is 20.9. The lowest BCUT2D eigenvalue weighted by Crippen LogP contribution is -2.48. The smallest absolute Gasteiger partial charge is 0.222 e. The maximum absolute atomic E-state index is 12.5. The van der Waals surface area contributed by atoms with Crippen molar-refractivity contribution < 1.29 is 9.53 Å². The van der Waals surface area contributed by atoms with Gasteiger partial charge in [-0.05, 0) is 30.2 Å². The van der Waals surface area contributed by atoms with Crippen molar-refractivity contribution in [2.45, 2.75) is 19.4 Å². The number of methoxy groups -OCH3 is 1. The normalized spacial score (nSPS) is 15.1. The molecule has 2 heterocycles. The number of rotatable bonds is 6. The molecule has 0 saturated carbocycles. The summed E-state index contributed by atoms with van der Waals surface area (Å²) >= 11 is 6.13. The van der Waals surface area contributed by atoms with Crippen LogP contribution in [0.1, 0.15) is 17.5 Å². The molecule has 1 aromatic carbocycles. The molecule has 26 heavy (non-hydrogen) atoms. The van der Waals surface area contributed by atoms with Gasteiger partial charge in [0, 0.05) is 50.9 Å². The average molecular weight is 374 g/mol. The van der Waals surface area contributed by atoms with Crippen molar-refractivity contribution in [2.24, 2.45) is 0 Å². The first kappa shape index (κ1) is 18.7. The van der Waals surface area contributed by atoms with Gasteiger partial charge in [0.1, 0.15) is 10.9 Å². The van der Waals surface area contributed by atoms with Gasteiger partial charge in [0.2, 0.25) is 5.91 Å². The third-order valence-electron chi connectivity index (χ3n) is 4.74. The molecule has 1 amide bonds. The molecular formula is C20H24ClN3O2. The number of amides is 1. The molecule has 5 nitrogen and oxygen atoms in total. The van der Waals surface area contributed by atoms with E-state index in [9.17, 15) is 4.79 Å². The van der Waals surface area contributed by atoms with Crippen LogP contribution in [0.5, 0.6) is 5.75 Å². The molecular weight excluding hydrogens is 350 g/mol. The number of pyridine rings is 1. The summed E-state index contributed by atoms with van der Waals surface area (Å²) in [5, 5.41) is 0.561. The number of carbonyl (C=O) groups is 1. The summed E-state index contributed by atoms with van der Waals surface area (Å²) in [5.74, 6) is 1.06. The first-order valence-corrected chi connectivity index (χ1v) is 9.26. The Morgan fingerprint density at radius 1 is 1.15 bits per heavy atom. The van der Waals surface area contributed by atoms with Gasteiger partial charge in [0.15, 0.2) is 0 Å². The lowest BCUT2D eigenvalue weighted by molar-refractivity contribution is -0.133. The molecule has 6 heteroatoms. The Bertz CT molecular complexity index is 728. The summed E-state index contributed by atoms with van der Waals surface area (Å²) in [5.41, 5.74) is 2.19. The van der Waals surface area contributed by atoms with E-state index in [4.69, 9.17) is 16.3 Å². The zero-order valence-corrected chi connectivity index (χ0v) is 15.8. The second-order valence-corrected chi connectivity index (χ2v) is 6.82. The van der Waals surface area contributed by atoms with Crippen LogP contribution in [0.15, 0.2) is 42.6 Å². The van der Waals surface area contributed by atoms with Crippen molar-refractivity contribution in [1.29, 1.82) is 0 Å². The minimum atomic E-state index is 0.222. The number of benzene rings is 1. The van der Waals surface area contributed by atoms with E-state index in [1.54, 1.807) is 13.3 Å². The van der Waals surface area contributed by atoms with Gasteiger partial charge in [-0.1, -0.05) is 29.8 Å². The van der Waals surface area contributed by atoms with Gasteiger partial charge in [0.25, 0.3) is 0 Å². The number of carbonyl (C=O) groups excluding carboxylic acids is 1. The number of nitrogens with zero attached hydrogens (tertiary/aromatic N) is 3. The highest BCUT2D eigenvalue weighted by Crippen LogP contribution is 2.16. The number of aryl methyl sites for hydroxylation is 1. The summed E-state index contributed by atoms with van der Waals surface area (Å²) in [7, 11) is 1.65. The topological polar surface area (TPSA) is 45.7 Å². The minimum absolute atomic E-state index is 0.222. The Hall–Kier alpha value is -2.11. The molecule has 0 spiro atoms. The number of hydrogen-bond acceptors (Lipinski definition) is 4. The SMILES string of the molecule is COc1ccc(CCC(=O)N2CCN(Cc3cccnc3Cl)CC2)cc1. The third-order valence-corrected chi connectivity index (χ3v) is 5.08. The predicted octanol–water partition coefficient (Wildman–Crippen LogP) is 3.02. The summed E-state index contributed by atoms with van der Waals surface area (Å²) < 4.78 is 5.16. The van der Waals surface area contributed by atoms with Crippen molar-refractivity contribution in [1.82, 2.24) is 14.8 Å². The van der Waals surface area contributed by atoms with Gasteiger partial charge < -0.3 is 9.64 Å². The molecule has 0 atom stereocenters. The van der Waals surface area contributed by atoms with Crippen LogP contribution in [-0.2, 0) is 17.8 Å². The van der Waals surface area contributed by atoms with Gasteiger partial charge in [0.05, 0.1) is 7.11 Å². The Balaban J connectivity index is 1.43. The van der Waals surface area contributed by atoms with Crippen molar-refractivity contribution in [3.05, 3.63) is 58.9 Å². The van der Waals surface area contributed by atoms with Crippen molar-refractivity contribution in [2.75, 3.05) is 33.3 Å². The minimum Gasteiger partial charge on any atom is -0.497 e. The average Bonchev–Trinajstić information content (AvgIpc) is 2.69. The molecule has 1 aliphatic rings. The number of ether oxygens (including phenoxy) is 1. The molecule has 0 radical (unpaired) electrons. The monoisotopic (exact) mass is 373 g/mol. The van der Waals surface area contributed by atoms with Crippen LogP contribution in [0.2, 0.25) is 5.15 Å². The predicted molar refractivity (Wildman–Crippen MR) is 102 cm³/mol. The fourth-order valence-electron chi connectivity index (χ4n) is 3.14. The molecule has 1 aliphatic heterocycles. The Morgan fingerprint density at radius 3 is 2.54 bits per heavy atom. The first-order chi connectivity index (χ1) is 12.7. The molecule has 0 unspecified atom stereocenters. The van der Waals surface area contributed by atoms with Crippen LogP contribution in [0, 0.1) is 0 Å². The van der Waals surface area contributed by atoms with Crippen LogP contribution in [0.3, 0.4) is 0 Å². The van der Waals surface area contributed by atoms with E-state index in [2.05, 4.69) is 9.88 Å². The Kier molecular flexibility index (Phi) is 6.47. The molecule has 1 fully saturated rings. The maximum Gasteiger partial charge on any atom is 0.222 e. The lowest BCUT2D eigenvalue weighted by atomic mass is 10.1. The van der Waals surface area contributed by atoms with Crippen LogP contribution < -0.4 is 4.74 Å². The van der Waals surface area contributed by atoms with Gasteiger partial charge in [-0.3, -0.25) is 9.69 Å². The van der Waals surface area contributed by atoms with Crippen molar-refractivity contribution >= 4 is 17.5 Å². The van der Waals surface area contributed by atoms with Crippen molar-refractivity contribution in [3.63, 3.8) is 0 Å². The zero-order chi connectivity index (χ0) is 18.4. The standard InChI is InChI=1S/C20H24ClN3O2/c1-26-18-7-4-16(5-8-18)6-9-19(25)24-13-11-23(12-14-24)15-17-3-2-10-22-20(17)21/h2-5,7-8,10H,6,9,11-15H2,1H3. The van der Waals surface area contributed by atoms with Gasteiger partial charge in [-0.25, -0.2) is 4.98 Å². The largest absolute Gasteiger partial charge is 0.497 e. The van der Waals surface area contributed by atoms with E-state index in [0.717, 1.165) is 56.0 Å². The summed E-state index contributed by atoms with van der Waals surface area (Å²) in [6.45, 7) is 4.03. The molecule has 0 bridgehead atoms. The molecule has 1 saturated heterocycles. The molecule has 138 valence electrons. The zero-order valence-electron chi connectivity index (χ0n) is 15.0. The van der Waals surface area contributed by atoms with E-state index < -0.39 is 0 Å². The molecule has 3 rings (SSSR count). The second-order valence-electron chi connectivity index (χ2n) is 6.46. The third kappa shape index (κ3) is 4.96. The highest BCUT2D eigenvalue weighted by atomic mass is 35.5. The second kappa shape index (κ2) is 9.01. The maximum atomic E-state index is 12.5. The number of halogens is 1. The summed E-state index contributed by atoms with van der Waals surface area (Å²) in [6.07, 6.45) is 3.00. The molecule has 1 aromatic heterocycles. The quantitative estimate of drug-likeness (QED) is 0.730. The summed E-state index contributed by atoms with van der Waals surface area (Å²) in [6, 6.07) is 11.8. The number of hydrogen-bond donors (Lipinski definition) is 0. The van der Waals surface area contributed by atoms with Gasteiger partial charge in [-0.15, -0.1) is 0 Å². The Morgan fingerprint density at radius 2 is 1.88 bits per heavy atom.